The van der Waals surface area contributed by atoms with Crippen LogP contribution in [-0.4, -0.2) is 43.0 Å². The van der Waals surface area contributed by atoms with Gasteiger partial charge in [-0.1, -0.05) is 61.0 Å². The van der Waals surface area contributed by atoms with E-state index in [9.17, 15) is 4.79 Å². The molecule has 0 radical (unpaired) electrons. The Balaban J connectivity index is 1.42. The van der Waals surface area contributed by atoms with Gasteiger partial charge in [-0.2, -0.15) is 0 Å². The van der Waals surface area contributed by atoms with Gasteiger partial charge in [0.05, 0.1) is 32.1 Å². The fourth-order valence-corrected chi connectivity index (χ4v) is 4.98. The maximum atomic E-state index is 13.0. The molecule has 0 spiro atoms. The molecule has 0 amide bonds. The molecule has 1 saturated heterocycles. The van der Waals surface area contributed by atoms with E-state index in [0.717, 1.165) is 25.1 Å². The molecule has 0 aromatic heterocycles. The minimum absolute atomic E-state index is 0.0211. The maximum absolute atomic E-state index is 13.0. The number of carbonyl (C=O) groups excluding carboxylic acids is 1. The molecule has 4 rings (SSSR count). The number of Topliss-reactive ketones (excluding diaryl/α,β-unsaturated/α-hetero) is 1. The van der Waals surface area contributed by atoms with Gasteiger partial charge in [-0.05, 0) is 55.1 Å². The molecule has 31 heavy (non-hydrogen) atoms. The fraction of sp³-hybridized carbons (Fsp3) is 0.444. The molecule has 1 aliphatic carbocycles. The second kappa shape index (κ2) is 10.7. The molecule has 2 aromatic rings. The quantitative estimate of drug-likeness (QED) is 0.549. The van der Waals surface area contributed by atoms with E-state index >= 15 is 0 Å². The first-order valence-electron chi connectivity index (χ1n) is 11.5. The number of ether oxygens (including phenoxy) is 2. The summed E-state index contributed by atoms with van der Waals surface area (Å²) in [6.45, 7) is 2.58. The van der Waals surface area contributed by atoms with Crippen molar-refractivity contribution in [3.63, 3.8) is 0 Å². The third kappa shape index (κ3) is 5.44. The van der Waals surface area contributed by atoms with Crippen LogP contribution in [0.1, 0.15) is 37.7 Å². The predicted octanol–water partition coefficient (Wildman–Crippen LogP) is 5.23. The van der Waals surface area contributed by atoms with Gasteiger partial charge in [0.1, 0.15) is 0 Å². The lowest BCUT2D eigenvalue weighted by Gasteiger charge is -2.35. The van der Waals surface area contributed by atoms with E-state index in [0.29, 0.717) is 18.8 Å². The summed E-state index contributed by atoms with van der Waals surface area (Å²) in [5, 5.41) is 0. The Hall–Kier alpha value is -2.43. The Morgan fingerprint density at radius 3 is 2.39 bits per heavy atom. The predicted molar refractivity (Wildman–Crippen MR) is 124 cm³/mol. The average molecular weight is 420 g/mol. The van der Waals surface area contributed by atoms with Gasteiger partial charge in [0.15, 0.2) is 5.78 Å². The molecule has 0 bridgehead atoms. The summed E-state index contributed by atoms with van der Waals surface area (Å²) in [4.78, 5) is 15.4. The average Bonchev–Trinajstić information content (AvgIpc) is 3.14. The number of hydrogen-bond donors (Lipinski definition) is 0. The summed E-state index contributed by atoms with van der Waals surface area (Å²) in [6, 6.07) is 18.9. The Morgan fingerprint density at radius 1 is 0.968 bits per heavy atom. The van der Waals surface area contributed by atoms with E-state index in [4.69, 9.17) is 9.47 Å². The largest absolute Gasteiger partial charge is 0.505 e. The monoisotopic (exact) mass is 419 g/mol. The van der Waals surface area contributed by atoms with Crippen LogP contribution in [0, 0.1) is 5.92 Å². The number of likely N-dealkylation sites (tertiary alicyclic amines) is 1. The third-order valence-corrected chi connectivity index (χ3v) is 6.57. The van der Waals surface area contributed by atoms with Crippen molar-refractivity contribution in [2.24, 2.45) is 5.92 Å². The first kappa shape index (κ1) is 21.8. The standard InChI is InChI=1S/C27H33NO3/c1-30-18-8-11-24-26(19-25(29)27(24)28-16-6-3-7-17-28)31-20-21-12-14-23(15-13-21)22-9-4-2-5-10-22/h2,4-5,8-10,12-15,18,24,26-27H,3,6-7,11,16-17,19-20H2,1H3/t24-,26+,27-/m1/s1. The van der Waals surface area contributed by atoms with Crippen LogP contribution in [0.3, 0.4) is 0 Å². The number of hydrogen-bond acceptors (Lipinski definition) is 4. The molecule has 1 saturated carbocycles. The number of allylic oxidation sites excluding steroid dienone is 1. The van der Waals surface area contributed by atoms with Gasteiger partial charge in [-0.15, -0.1) is 0 Å². The molecule has 2 aromatic carbocycles. The summed E-state index contributed by atoms with van der Waals surface area (Å²) in [5.41, 5.74) is 3.55. The lowest BCUT2D eigenvalue weighted by molar-refractivity contribution is -0.123. The highest BCUT2D eigenvalue weighted by Crippen LogP contribution is 2.35. The van der Waals surface area contributed by atoms with Crippen molar-refractivity contribution in [3.05, 3.63) is 72.5 Å². The van der Waals surface area contributed by atoms with Crippen LogP contribution in [0.5, 0.6) is 0 Å². The molecule has 0 N–H and O–H groups in total. The summed E-state index contributed by atoms with van der Waals surface area (Å²) in [7, 11) is 1.66. The van der Waals surface area contributed by atoms with E-state index in [2.05, 4.69) is 53.4 Å². The Labute approximate surface area is 185 Å². The molecule has 4 heteroatoms. The van der Waals surface area contributed by atoms with E-state index < -0.39 is 0 Å². The zero-order valence-corrected chi connectivity index (χ0v) is 18.4. The van der Waals surface area contributed by atoms with E-state index in [1.807, 2.05) is 12.1 Å². The molecule has 164 valence electrons. The number of piperidine rings is 1. The van der Waals surface area contributed by atoms with Gasteiger partial charge in [-0.25, -0.2) is 0 Å². The first-order chi connectivity index (χ1) is 15.3. The fourth-order valence-electron chi connectivity index (χ4n) is 4.98. The topological polar surface area (TPSA) is 38.8 Å². The first-order valence-corrected chi connectivity index (χ1v) is 11.5. The number of rotatable bonds is 8. The number of nitrogens with zero attached hydrogens (tertiary/aromatic N) is 1. The van der Waals surface area contributed by atoms with Crippen molar-refractivity contribution in [1.29, 1.82) is 0 Å². The van der Waals surface area contributed by atoms with Gasteiger partial charge in [-0.3, -0.25) is 9.69 Å². The summed E-state index contributed by atoms with van der Waals surface area (Å²) in [5.74, 6) is 0.516. The zero-order valence-electron chi connectivity index (χ0n) is 18.4. The summed E-state index contributed by atoms with van der Waals surface area (Å²) in [6.07, 6.45) is 8.65. The molecule has 1 heterocycles. The molecule has 4 nitrogen and oxygen atoms in total. The summed E-state index contributed by atoms with van der Waals surface area (Å²) >= 11 is 0. The van der Waals surface area contributed by atoms with Crippen molar-refractivity contribution in [1.82, 2.24) is 4.90 Å². The van der Waals surface area contributed by atoms with Gasteiger partial charge < -0.3 is 9.47 Å². The maximum Gasteiger partial charge on any atom is 0.152 e. The van der Waals surface area contributed by atoms with Crippen LogP contribution in [-0.2, 0) is 20.9 Å². The molecule has 3 atom stereocenters. The zero-order chi connectivity index (χ0) is 21.5. The molecule has 1 aliphatic heterocycles. The van der Waals surface area contributed by atoms with Gasteiger partial charge in [0, 0.05) is 12.3 Å². The smallest absolute Gasteiger partial charge is 0.152 e. The normalized spacial score (nSPS) is 24.7. The SMILES string of the molecule is COC=CC[C@@H]1[C@@H](OCc2ccc(-c3ccccc3)cc2)CC(=O)[C@@H]1N1CCCCC1. The van der Waals surface area contributed by atoms with E-state index in [-0.39, 0.29) is 18.1 Å². The van der Waals surface area contributed by atoms with Gasteiger partial charge in [0.2, 0.25) is 0 Å². The van der Waals surface area contributed by atoms with Crippen LogP contribution in [0.2, 0.25) is 0 Å². The van der Waals surface area contributed by atoms with Crippen LogP contribution in [0.15, 0.2) is 66.9 Å². The van der Waals surface area contributed by atoms with E-state index in [1.165, 1.54) is 30.4 Å². The van der Waals surface area contributed by atoms with Crippen molar-refractivity contribution in [3.8, 4) is 11.1 Å². The molecule has 2 aliphatic rings. The minimum Gasteiger partial charge on any atom is -0.505 e. The molecular formula is C27H33NO3. The number of carbonyl (C=O) groups is 1. The van der Waals surface area contributed by atoms with Crippen molar-refractivity contribution < 1.29 is 14.3 Å². The Kier molecular flexibility index (Phi) is 7.55. The van der Waals surface area contributed by atoms with Crippen molar-refractivity contribution in [2.75, 3.05) is 20.2 Å². The number of methoxy groups -OCH3 is 1. The highest BCUT2D eigenvalue weighted by atomic mass is 16.5. The van der Waals surface area contributed by atoms with Crippen LogP contribution >= 0.6 is 0 Å². The van der Waals surface area contributed by atoms with Crippen molar-refractivity contribution in [2.45, 2.75) is 50.9 Å². The minimum atomic E-state index is -0.0465. The van der Waals surface area contributed by atoms with Crippen LogP contribution in [0.25, 0.3) is 11.1 Å². The van der Waals surface area contributed by atoms with Gasteiger partial charge >= 0.3 is 0 Å². The lowest BCUT2D eigenvalue weighted by Crippen LogP contribution is -2.46. The molecular weight excluding hydrogens is 386 g/mol. The molecule has 0 unspecified atom stereocenters. The van der Waals surface area contributed by atoms with Gasteiger partial charge in [0.25, 0.3) is 0 Å². The van der Waals surface area contributed by atoms with Crippen LogP contribution < -0.4 is 0 Å². The molecule has 2 fully saturated rings. The summed E-state index contributed by atoms with van der Waals surface area (Å²) < 4.78 is 11.4. The number of ketones is 1. The number of benzene rings is 2. The highest BCUT2D eigenvalue weighted by molar-refractivity contribution is 5.87. The second-order valence-electron chi connectivity index (χ2n) is 8.63. The highest BCUT2D eigenvalue weighted by Gasteiger charge is 2.45. The second-order valence-corrected chi connectivity index (χ2v) is 8.63. The Morgan fingerprint density at radius 2 is 1.68 bits per heavy atom. The van der Waals surface area contributed by atoms with Crippen molar-refractivity contribution >= 4 is 5.78 Å². The lowest BCUT2D eigenvalue weighted by atomic mass is 9.94. The Bertz CT molecular complexity index is 856. The van der Waals surface area contributed by atoms with Crippen LogP contribution in [0.4, 0.5) is 0 Å². The third-order valence-electron chi connectivity index (χ3n) is 6.57. The van der Waals surface area contributed by atoms with E-state index in [1.54, 1.807) is 13.4 Å².